The van der Waals surface area contributed by atoms with E-state index >= 15 is 0 Å². The highest BCUT2D eigenvalue weighted by molar-refractivity contribution is 5.94. The minimum atomic E-state index is 0.00431. The van der Waals surface area contributed by atoms with E-state index in [0.717, 1.165) is 6.42 Å². The lowest BCUT2D eigenvalue weighted by molar-refractivity contribution is 0.0790. The molecule has 4 rings (SSSR count). The van der Waals surface area contributed by atoms with E-state index in [4.69, 9.17) is 8.94 Å². The molecule has 1 amide bonds. The molecule has 0 unspecified atom stereocenters. The van der Waals surface area contributed by atoms with Gasteiger partial charge >= 0.3 is 0 Å². The lowest BCUT2D eigenvalue weighted by atomic mass is 10.1. The van der Waals surface area contributed by atoms with Crippen molar-refractivity contribution in [2.75, 3.05) is 13.1 Å². The normalized spacial score (nSPS) is 17.6. The van der Waals surface area contributed by atoms with Gasteiger partial charge in [-0.3, -0.25) is 9.78 Å². The van der Waals surface area contributed by atoms with Crippen LogP contribution in [-0.4, -0.2) is 39.0 Å². The van der Waals surface area contributed by atoms with Crippen molar-refractivity contribution in [2.45, 2.75) is 12.3 Å². The number of rotatable bonds is 3. The molecule has 1 aliphatic rings. The second kappa shape index (κ2) is 5.68. The molecular formula is C16H14N4O3. The number of likely N-dealkylation sites (tertiary alicyclic amines) is 1. The Balaban J connectivity index is 1.47. The van der Waals surface area contributed by atoms with Crippen LogP contribution in [0.4, 0.5) is 0 Å². The Bertz CT molecular complexity index is 798. The molecule has 0 N–H and O–H groups in total. The predicted molar refractivity (Wildman–Crippen MR) is 79.5 cm³/mol. The Labute approximate surface area is 131 Å². The summed E-state index contributed by atoms with van der Waals surface area (Å²) >= 11 is 0. The van der Waals surface area contributed by atoms with Crippen molar-refractivity contribution in [3.05, 3.63) is 54.3 Å². The van der Waals surface area contributed by atoms with Crippen molar-refractivity contribution in [3.8, 4) is 11.7 Å². The van der Waals surface area contributed by atoms with E-state index in [9.17, 15) is 4.79 Å². The van der Waals surface area contributed by atoms with Gasteiger partial charge in [0.2, 0.25) is 0 Å². The third-order valence-electron chi connectivity index (χ3n) is 3.94. The Morgan fingerprint density at radius 2 is 2.13 bits per heavy atom. The van der Waals surface area contributed by atoms with Gasteiger partial charge in [0, 0.05) is 37.0 Å². The van der Waals surface area contributed by atoms with Crippen LogP contribution >= 0.6 is 0 Å². The molecule has 7 heteroatoms. The van der Waals surface area contributed by atoms with Crippen molar-refractivity contribution < 1.29 is 13.7 Å². The highest BCUT2D eigenvalue weighted by atomic mass is 16.5. The minimum Gasteiger partial charge on any atom is -0.459 e. The fourth-order valence-electron chi connectivity index (χ4n) is 2.73. The molecule has 0 aliphatic carbocycles. The molecule has 1 atom stereocenters. The molecule has 1 saturated heterocycles. The fourth-order valence-corrected chi connectivity index (χ4v) is 2.73. The van der Waals surface area contributed by atoms with Gasteiger partial charge in [0.25, 0.3) is 11.8 Å². The summed E-state index contributed by atoms with van der Waals surface area (Å²) in [5, 5.41) is 4.03. The van der Waals surface area contributed by atoms with E-state index in [0.29, 0.717) is 36.1 Å². The van der Waals surface area contributed by atoms with E-state index in [2.05, 4.69) is 15.1 Å². The third-order valence-corrected chi connectivity index (χ3v) is 3.94. The largest absolute Gasteiger partial charge is 0.459 e. The number of hydrogen-bond donors (Lipinski definition) is 0. The van der Waals surface area contributed by atoms with Crippen LogP contribution in [0.3, 0.4) is 0 Å². The summed E-state index contributed by atoms with van der Waals surface area (Å²) in [7, 11) is 0. The van der Waals surface area contributed by atoms with Gasteiger partial charge < -0.3 is 13.8 Å². The number of aromatic nitrogens is 3. The van der Waals surface area contributed by atoms with Crippen molar-refractivity contribution in [1.29, 1.82) is 0 Å². The second-order valence-electron chi connectivity index (χ2n) is 5.41. The van der Waals surface area contributed by atoms with Crippen LogP contribution in [0.1, 0.15) is 28.5 Å². The Hall–Kier alpha value is -2.96. The summed E-state index contributed by atoms with van der Waals surface area (Å²) in [6.45, 7) is 1.26. The average Bonchev–Trinajstić information content (AvgIpc) is 3.34. The molecule has 0 aromatic carbocycles. The summed E-state index contributed by atoms with van der Waals surface area (Å²) in [5.41, 5.74) is 0.644. The summed E-state index contributed by atoms with van der Waals surface area (Å²) in [6.07, 6.45) is 5.61. The molecule has 0 bridgehead atoms. The van der Waals surface area contributed by atoms with E-state index in [1.54, 1.807) is 42.9 Å². The van der Waals surface area contributed by atoms with Crippen molar-refractivity contribution in [2.24, 2.45) is 0 Å². The van der Waals surface area contributed by atoms with Gasteiger partial charge in [-0.15, -0.1) is 0 Å². The second-order valence-corrected chi connectivity index (χ2v) is 5.41. The average molecular weight is 310 g/mol. The number of nitrogens with zero attached hydrogens (tertiary/aromatic N) is 4. The molecule has 3 aromatic heterocycles. The van der Waals surface area contributed by atoms with E-state index < -0.39 is 0 Å². The summed E-state index contributed by atoms with van der Waals surface area (Å²) in [5.74, 6) is 1.61. The van der Waals surface area contributed by atoms with E-state index in [-0.39, 0.29) is 11.8 Å². The van der Waals surface area contributed by atoms with Crippen LogP contribution in [0, 0.1) is 0 Å². The smallest absolute Gasteiger partial charge is 0.293 e. The van der Waals surface area contributed by atoms with Crippen LogP contribution in [-0.2, 0) is 0 Å². The van der Waals surface area contributed by atoms with Crippen LogP contribution in [0.25, 0.3) is 11.7 Å². The zero-order valence-corrected chi connectivity index (χ0v) is 12.3. The lowest BCUT2D eigenvalue weighted by Gasteiger charge is -2.15. The molecular weight excluding hydrogens is 296 g/mol. The molecule has 1 aliphatic heterocycles. The molecule has 3 aromatic rings. The van der Waals surface area contributed by atoms with E-state index in [1.165, 1.54) is 0 Å². The lowest BCUT2D eigenvalue weighted by Crippen LogP contribution is -2.28. The first kappa shape index (κ1) is 13.7. The van der Waals surface area contributed by atoms with Crippen LogP contribution in [0.2, 0.25) is 0 Å². The Kier molecular flexibility index (Phi) is 3.38. The maximum absolute atomic E-state index is 12.4. The standard InChI is InChI=1S/C16H14N4O3/c21-16(11-3-6-17-7-4-11)20-8-5-12(10-20)14-18-15(23-19-14)13-2-1-9-22-13/h1-4,6-7,9,12H,5,8,10H2/t12-/m0/s1. The molecule has 0 radical (unpaired) electrons. The first-order valence-corrected chi connectivity index (χ1v) is 7.38. The van der Waals surface area contributed by atoms with Gasteiger partial charge in [0.1, 0.15) is 0 Å². The highest BCUT2D eigenvalue weighted by Crippen LogP contribution is 2.28. The fraction of sp³-hybridized carbons (Fsp3) is 0.250. The zero-order valence-electron chi connectivity index (χ0n) is 12.3. The summed E-state index contributed by atoms with van der Waals surface area (Å²) in [4.78, 5) is 22.6. The molecule has 4 heterocycles. The monoisotopic (exact) mass is 310 g/mol. The van der Waals surface area contributed by atoms with Gasteiger partial charge in [-0.2, -0.15) is 4.98 Å². The van der Waals surface area contributed by atoms with Crippen molar-refractivity contribution in [1.82, 2.24) is 20.0 Å². The van der Waals surface area contributed by atoms with Gasteiger partial charge in [0.15, 0.2) is 11.6 Å². The van der Waals surface area contributed by atoms with Gasteiger partial charge in [-0.25, -0.2) is 0 Å². The number of hydrogen-bond acceptors (Lipinski definition) is 6. The van der Waals surface area contributed by atoms with Gasteiger partial charge in [-0.1, -0.05) is 5.16 Å². The topological polar surface area (TPSA) is 85.3 Å². The van der Waals surface area contributed by atoms with Gasteiger partial charge in [-0.05, 0) is 30.7 Å². The third kappa shape index (κ3) is 2.61. The molecule has 23 heavy (non-hydrogen) atoms. The van der Waals surface area contributed by atoms with Crippen LogP contribution in [0.15, 0.2) is 51.9 Å². The molecule has 0 saturated carbocycles. The maximum atomic E-state index is 12.4. The van der Waals surface area contributed by atoms with Crippen molar-refractivity contribution >= 4 is 5.91 Å². The number of carbonyl (C=O) groups excluding carboxylic acids is 1. The first-order chi connectivity index (χ1) is 11.3. The van der Waals surface area contributed by atoms with Crippen molar-refractivity contribution in [3.63, 3.8) is 0 Å². The number of carbonyl (C=O) groups is 1. The molecule has 0 spiro atoms. The van der Waals surface area contributed by atoms with Crippen LogP contribution < -0.4 is 0 Å². The Morgan fingerprint density at radius 1 is 1.26 bits per heavy atom. The SMILES string of the molecule is O=C(c1ccncc1)N1CC[C@H](c2noc(-c3ccco3)n2)C1. The Morgan fingerprint density at radius 3 is 2.91 bits per heavy atom. The minimum absolute atomic E-state index is 0.00431. The molecule has 1 fully saturated rings. The quantitative estimate of drug-likeness (QED) is 0.738. The maximum Gasteiger partial charge on any atom is 0.293 e. The first-order valence-electron chi connectivity index (χ1n) is 7.38. The molecule has 7 nitrogen and oxygen atoms in total. The number of furan rings is 1. The molecule has 116 valence electrons. The van der Waals surface area contributed by atoms with E-state index in [1.807, 2.05) is 4.90 Å². The number of pyridine rings is 1. The number of amides is 1. The van der Waals surface area contributed by atoms with Gasteiger partial charge in [0.05, 0.1) is 6.26 Å². The zero-order chi connectivity index (χ0) is 15.6. The predicted octanol–water partition coefficient (Wildman–Crippen LogP) is 2.35. The summed E-state index contributed by atoms with van der Waals surface area (Å²) < 4.78 is 10.5. The summed E-state index contributed by atoms with van der Waals surface area (Å²) in [6, 6.07) is 6.98. The highest BCUT2D eigenvalue weighted by Gasteiger charge is 2.31. The van der Waals surface area contributed by atoms with Crippen LogP contribution in [0.5, 0.6) is 0 Å².